The first-order valence-electron chi connectivity index (χ1n) is 14.8. The number of allylic oxidation sites excluding steroid dienone is 1. The predicted octanol–water partition coefficient (Wildman–Crippen LogP) is 8.58. The maximum absolute atomic E-state index is 14.5. The molecule has 2 heterocycles. The van der Waals surface area contributed by atoms with Crippen LogP contribution in [0.15, 0.2) is 134 Å². The van der Waals surface area contributed by atoms with E-state index in [-0.39, 0.29) is 11.6 Å². The van der Waals surface area contributed by atoms with Crippen LogP contribution in [0.3, 0.4) is 0 Å². The van der Waals surface area contributed by atoms with Crippen LogP contribution in [0.5, 0.6) is 5.75 Å². The molecule has 1 aromatic heterocycles. The summed E-state index contributed by atoms with van der Waals surface area (Å²) in [5.74, 6) is 0.736. The van der Waals surface area contributed by atoms with Crippen LogP contribution in [0.4, 0.5) is 0 Å². The smallest absolute Gasteiger partial charge is 0.271 e. The Morgan fingerprint density at radius 2 is 1.58 bits per heavy atom. The summed E-state index contributed by atoms with van der Waals surface area (Å²) in [6, 6.07) is 37.0. The first kappa shape index (κ1) is 28.4. The van der Waals surface area contributed by atoms with Crippen molar-refractivity contribution in [3.63, 3.8) is 0 Å². The third-order valence-corrected chi connectivity index (χ3v) is 10.6. The zero-order valence-corrected chi connectivity index (χ0v) is 28.0. The highest BCUT2D eigenvalue weighted by atomic mass is 79.9. The van der Waals surface area contributed by atoms with Crippen molar-refractivity contribution in [1.29, 1.82) is 0 Å². The van der Waals surface area contributed by atoms with Crippen molar-refractivity contribution in [2.45, 2.75) is 25.5 Å². The maximum Gasteiger partial charge on any atom is 0.271 e. The topological polar surface area (TPSA) is 43.6 Å². The Hall–Kier alpha value is -4.04. The standard InChI is InChI=1S/C38H26Br2N2O2S/c39-27-15-9-23(10-16-27)22-44-33-20-14-24-5-1-3-7-29(24)32(33)21-34-37(43)42-36(26-11-17-28(40)18-12-26)31-19-13-25-6-2-4-8-30(25)35(31)41-38(42)45-34/h1-12,14-18,20-21,36H,13,19,22H2/b34-21+/t36-/m1/s1. The van der Waals surface area contributed by atoms with Gasteiger partial charge in [0.25, 0.3) is 5.56 Å². The molecular formula is C38H26Br2N2O2S. The van der Waals surface area contributed by atoms with Crippen molar-refractivity contribution >= 4 is 65.7 Å². The number of rotatable bonds is 5. The summed E-state index contributed by atoms with van der Waals surface area (Å²) >= 11 is 8.54. The summed E-state index contributed by atoms with van der Waals surface area (Å²) in [4.78, 5) is 20.4. The van der Waals surface area contributed by atoms with Crippen LogP contribution >= 0.6 is 43.2 Å². The Bertz CT molecular complexity index is 2320. The fraction of sp³-hybridized carbons (Fsp3) is 0.105. The van der Waals surface area contributed by atoms with Gasteiger partial charge >= 0.3 is 0 Å². The van der Waals surface area contributed by atoms with E-state index in [9.17, 15) is 4.79 Å². The summed E-state index contributed by atoms with van der Waals surface area (Å²) < 4.78 is 11.0. The number of hydrogen-bond acceptors (Lipinski definition) is 4. The molecule has 7 heteroatoms. The minimum absolute atomic E-state index is 0.0381. The number of thiazole rings is 1. The third kappa shape index (κ3) is 5.23. The van der Waals surface area contributed by atoms with Crippen LogP contribution in [0.25, 0.3) is 22.5 Å². The first-order valence-corrected chi connectivity index (χ1v) is 17.2. The second-order valence-electron chi connectivity index (χ2n) is 11.3. The number of aromatic nitrogens is 1. The maximum atomic E-state index is 14.5. The van der Waals surface area contributed by atoms with E-state index >= 15 is 0 Å². The van der Waals surface area contributed by atoms with Crippen molar-refractivity contribution in [2.24, 2.45) is 4.99 Å². The number of halogens is 2. The van der Waals surface area contributed by atoms with E-state index in [1.807, 2.05) is 65.2 Å². The number of nitrogens with zero attached hydrogens (tertiary/aromatic N) is 2. The average Bonchev–Trinajstić information content (AvgIpc) is 3.38. The van der Waals surface area contributed by atoms with Crippen LogP contribution in [0.1, 0.15) is 40.3 Å². The summed E-state index contributed by atoms with van der Waals surface area (Å²) in [6.07, 6.45) is 3.78. The molecule has 2 aliphatic rings. The number of fused-ring (bicyclic) bond motifs is 4. The van der Waals surface area contributed by atoms with Crippen LogP contribution in [-0.4, -0.2) is 4.57 Å². The van der Waals surface area contributed by atoms with Crippen molar-refractivity contribution < 1.29 is 4.74 Å². The normalized spacial score (nSPS) is 15.8. The van der Waals surface area contributed by atoms with E-state index in [2.05, 4.69) is 86.5 Å². The van der Waals surface area contributed by atoms with E-state index in [0.29, 0.717) is 15.9 Å². The summed E-state index contributed by atoms with van der Waals surface area (Å²) in [5.41, 5.74) is 7.66. The third-order valence-electron chi connectivity index (χ3n) is 8.57. The molecule has 5 aromatic carbocycles. The lowest BCUT2D eigenvalue weighted by Gasteiger charge is -2.30. The van der Waals surface area contributed by atoms with Gasteiger partial charge in [0.15, 0.2) is 4.80 Å². The molecule has 0 spiro atoms. The van der Waals surface area contributed by atoms with Gasteiger partial charge in [-0.15, -0.1) is 0 Å². The number of ether oxygens (including phenoxy) is 1. The molecule has 0 bridgehead atoms. The molecule has 4 nitrogen and oxygen atoms in total. The summed E-state index contributed by atoms with van der Waals surface area (Å²) in [5, 5.41) is 2.13. The molecular weight excluding hydrogens is 708 g/mol. The molecule has 1 aliphatic carbocycles. The number of benzene rings is 5. The van der Waals surface area contributed by atoms with Gasteiger partial charge in [0.05, 0.1) is 16.3 Å². The highest BCUT2D eigenvalue weighted by Crippen LogP contribution is 2.41. The van der Waals surface area contributed by atoms with Gasteiger partial charge in [-0.25, -0.2) is 4.99 Å². The Labute approximate surface area is 280 Å². The van der Waals surface area contributed by atoms with Gasteiger partial charge in [-0.2, -0.15) is 0 Å². The molecule has 0 saturated carbocycles. The highest BCUT2D eigenvalue weighted by Gasteiger charge is 2.32. The van der Waals surface area contributed by atoms with E-state index < -0.39 is 0 Å². The van der Waals surface area contributed by atoms with Gasteiger partial charge in [-0.3, -0.25) is 9.36 Å². The van der Waals surface area contributed by atoms with E-state index in [1.165, 1.54) is 22.5 Å². The van der Waals surface area contributed by atoms with E-state index in [0.717, 1.165) is 66.3 Å². The van der Waals surface area contributed by atoms with Gasteiger partial charge in [-0.05, 0) is 82.3 Å². The summed E-state index contributed by atoms with van der Waals surface area (Å²) in [6.45, 7) is 0.420. The molecule has 0 fully saturated rings. The molecule has 0 amide bonds. The first-order chi connectivity index (χ1) is 22.0. The number of aryl methyl sites for hydroxylation is 1. The molecule has 45 heavy (non-hydrogen) atoms. The molecule has 0 radical (unpaired) electrons. The van der Waals surface area contributed by atoms with Gasteiger partial charge < -0.3 is 4.74 Å². The molecule has 6 aromatic rings. The van der Waals surface area contributed by atoms with Gasteiger partial charge in [0, 0.05) is 20.1 Å². The molecule has 0 unspecified atom stereocenters. The molecule has 8 rings (SSSR count). The Morgan fingerprint density at radius 1 is 0.844 bits per heavy atom. The quantitative estimate of drug-likeness (QED) is 0.178. The van der Waals surface area contributed by atoms with Crippen molar-refractivity contribution in [1.82, 2.24) is 4.57 Å². The van der Waals surface area contributed by atoms with Crippen molar-refractivity contribution in [3.05, 3.63) is 171 Å². The fourth-order valence-corrected chi connectivity index (χ4v) is 7.90. The van der Waals surface area contributed by atoms with E-state index in [1.54, 1.807) is 0 Å². The minimum Gasteiger partial charge on any atom is -0.488 e. The van der Waals surface area contributed by atoms with E-state index in [4.69, 9.17) is 9.73 Å². The highest BCUT2D eigenvalue weighted by molar-refractivity contribution is 9.10. The Morgan fingerprint density at radius 3 is 2.40 bits per heavy atom. The van der Waals surface area contributed by atoms with Crippen LogP contribution in [0.2, 0.25) is 0 Å². The SMILES string of the molecule is O=c1/c(=C\c2c(OCc3ccc(Br)cc3)ccc3ccccc23)sc2n1[C@H](c1ccc(Br)cc1)C1=C(N=2)c2ccccc2CC1. The molecule has 0 N–H and O–H groups in total. The summed E-state index contributed by atoms with van der Waals surface area (Å²) in [7, 11) is 0. The lowest BCUT2D eigenvalue weighted by molar-refractivity contribution is 0.306. The van der Waals surface area contributed by atoms with Gasteiger partial charge in [-0.1, -0.05) is 122 Å². The zero-order valence-electron chi connectivity index (χ0n) is 24.0. The van der Waals surface area contributed by atoms with Gasteiger partial charge in [0.2, 0.25) is 0 Å². The van der Waals surface area contributed by atoms with Crippen LogP contribution < -0.4 is 19.6 Å². The fourth-order valence-electron chi connectivity index (χ4n) is 6.39. The largest absolute Gasteiger partial charge is 0.488 e. The molecule has 1 aliphatic heterocycles. The Kier molecular flexibility index (Phi) is 7.40. The lowest BCUT2D eigenvalue weighted by Crippen LogP contribution is -2.38. The van der Waals surface area contributed by atoms with Gasteiger partial charge in [0.1, 0.15) is 12.4 Å². The zero-order chi connectivity index (χ0) is 30.5. The molecule has 0 saturated heterocycles. The molecule has 1 atom stereocenters. The molecule has 220 valence electrons. The van der Waals surface area contributed by atoms with Crippen LogP contribution in [0, 0.1) is 0 Å². The Balaban J connectivity index is 1.32. The second kappa shape index (κ2) is 11.7. The van der Waals surface area contributed by atoms with Crippen molar-refractivity contribution in [3.8, 4) is 5.75 Å². The minimum atomic E-state index is -0.222. The average molecular weight is 735 g/mol. The lowest BCUT2D eigenvalue weighted by atomic mass is 9.83. The number of hydrogen-bond donors (Lipinski definition) is 0. The second-order valence-corrected chi connectivity index (χ2v) is 14.1. The monoisotopic (exact) mass is 732 g/mol. The predicted molar refractivity (Wildman–Crippen MR) is 189 cm³/mol. The van der Waals surface area contributed by atoms with Crippen molar-refractivity contribution in [2.75, 3.05) is 0 Å². The van der Waals surface area contributed by atoms with Crippen LogP contribution in [-0.2, 0) is 13.0 Å².